The van der Waals surface area contributed by atoms with Crippen molar-refractivity contribution in [3.8, 4) is 0 Å². The highest BCUT2D eigenvalue weighted by Gasteiger charge is 2.22. The van der Waals surface area contributed by atoms with Crippen molar-refractivity contribution in [3.05, 3.63) is 58.9 Å². The fraction of sp³-hybridized carbons (Fsp3) is 0.294. The number of carbonyl (C=O) groups excluding carboxylic acids is 1. The molecule has 1 aromatic heterocycles. The SMILES string of the molecule is Cc1ccc(C(=O)Cc2ccc3c(c2)B(O)CCC3)cn1. The lowest BCUT2D eigenvalue weighted by molar-refractivity contribution is 0.0992. The molecule has 0 aliphatic carbocycles. The molecule has 0 saturated carbocycles. The van der Waals surface area contributed by atoms with Gasteiger partial charge in [-0.3, -0.25) is 9.78 Å². The molecule has 3 rings (SSSR count). The lowest BCUT2D eigenvalue weighted by Crippen LogP contribution is -2.36. The number of benzene rings is 1. The number of aryl methyl sites for hydroxylation is 2. The minimum atomic E-state index is -0.384. The van der Waals surface area contributed by atoms with Crippen molar-refractivity contribution in [3.63, 3.8) is 0 Å². The third kappa shape index (κ3) is 3.06. The van der Waals surface area contributed by atoms with Crippen molar-refractivity contribution < 1.29 is 9.82 Å². The number of fused-ring (bicyclic) bond motifs is 1. The fourth-order valence-corrected chi connectivity index (χ4v) is 2.85. The van der Waals surface area contributed by atoms with E-state index in [2.05, 4.69) is 4.98 Å². The van der Waals surface area contributed by atoms with E-state index in [-0.39, 0.29) is 12.7 Å². The minimum absolute atomic E-state index is 0.0627. The number of aromatic nitrogens is 1. The third-order valence-corrected chi connectivity index (χ3v) is 4.09. The lowest BCUT2D eigenvalue weighted by Gasteiger charge is -2.19. The molecule has 0 spiro atoms. The van der Waals surface area contributed by atoms with Crippen LogP contribution in [0.2, 0.25) is 6.32 Å². The van der Waals surface area contributed by atoms with Crippen molar-refractivity contribution in [2.45, 2.75) is 32.5 Å². The molecule has 2 aromatic rings. The number of pyridine rings is 1. The first-order valence-electron chi connectivity index (χ1n) is 7.39. The van der Waals surface area contributed by atoms with Gasteiger partial charge in [0.25, 0.3) is 0 Å². The van der Waals surface area contributed by atoms with E-state index in [4.69, 9.17) is 0 Å². The molecule has 0 atom stereocenters. The van der Waals surface area contributed by atoms with Crippen LogP contribution in [0.4, 0.5) is 0 Å². The zero-order chi connectivity index (χ0) is 14.8. The van der Waals surface area contributed by atoms with E-state index in [0.717, 1.165) is 35.9 Å². The van der Waals surface area contributed by atoms with Crippen molar-refractivity contribution in [2.75, 3.05) is 0 Å². The Morgan fingerprint density at radius 2 is 2.19 bits per heavy atom. The van der Waals surface area contributed by atoms with Crippen LogP contribution in [-0.4, -0.2) is 22.7 Å². The van der Waals surface area contributed by atoms with Gasteiger partial charge in [0.2, 0.25) is 0 Å². The smallest absolute Gasteiger partial charge is 0.323 e. The van der Waals surface area contributed by atoms with E-state index in [1.807, 2.05) is 37.3 Å². The van der Waals surface area contributed by atoms with Gasteiger partial charge in [-0.05, 0) is 42.8 Å². The minimum Gasteiger partial charge on any atom is -0.446 e. The summed E-state index contributed by atoms with van der Waals surface area (Å²) in [5, 5.41) is 10.1. The van der Waals surface area contributed by atoms with E-state index in [0.29, 0.717) is 12.0 Å². The maximum Gasteiger partial charge on any atom is 0.323 e. The number of rotatable bonds is 3. The van der Waals surface area contributed by atoms with Crippen LogP contribution in [0.3, 0.4) is 0 Å². The highest BCUT2D eigenvalue weighted by Crippen LogP contribution is 2.16. The number of hydrogen-bond acceptors (Lipinski definition) is 3. The number of nitrogens with zero attached hydrogens (tertiary/aromatic N) is 1. The van der Waals surface area contributed by atoms with Crippen molar-refractivity contribution in [1.82, 2.24) is 4.98 Å². The topological polar surface area (TPSA) is 50.2 Å². The molecule has 21 heavy (non-hydrogen) atoms. The van der Waals surface area contributed by atoms with Crippen LogP contribution in [-0.2, 0) is 12.8 Å². The van der Waals surface area contributed by atoms with E-state index >= 15 is 0 Å². The van der Waals surface area contributed by atoms with Gasteiger partial charge >= 0.3 is 6.92 Å². The number of hydrogen-bond donors (Lipinski definition) is 1. The van der Waals surface area contributed by atoms with Gasteiger partial charge < -0.3 is 5.02 Å². The Morgan fingerprint density at radius 3 is 2.95 bits per heavy atom. The van der Waals surface area contributed by atoms with Crippen LogP contribution in [0, 0.1) is 6.92 Å². The Balaban J connectivity index is 1.80. The third-order valence-electron chi connectivity index (χ3n) is 4.09. The van der Waals surface area contributed by atoms with Crippen molar-refractivity contribution in [2.24, 2.45) is 0 Å². The molecule has 3 nitrogen and oxygen atoms in total. The molecule has 1 aliphatic rings. The summed E-state index contributed by atoms with van der Waals surface area (Å²) in [4.78, 5) is 16.4. The lowest BCUT2D eigenvalue weighted by atomic mass is 9.53. The fourth-order valence-electron chi connectivity index (χ4n) is 2.85. The summed E-state index contributed by atoms with van der Waals surface area (Å²) < 4.78 is 0. The molecule has 1 aliphatic heterocycles. The largest absolute Gasteiger partial charge is 0.446 e. The molecule has 4 heteroatoms. The van der Waals surface area contributed by atoms with Gasteiger partial charge in [0.15, 0.2) is 5.78 Å². The number of ketones is 1. The average Bonchev–Trinajstić information content (AvgIpc) is 2.49. The maximum absolute atomic E-state index is 12.3. The number of Topliss-reactive ketones (excluding diaryl/α,β-unsaturated/α-hetero) is 1. The summed E-state index contributed by atoms with van der Waals surface area (Å²) in [5.74, 6) is 0.0627. The van der Waals surface area contributed by atoms with Gasteiger partial charge in [-0.1, -0.05) is 30.2 Å². The Bertz CT molecular complexity index is 667. The van der Waals surface area contributed by atoms with Crippen LogP contribution in [0.15, 0.2) is 36.5 Å². The van der Waals surface area contributed by atoms with Crippen LogP contribution < -0.4 is 5.46 Å². The zero-order valence-corrected chi connectivity index (χ0v) is 12.2. The molecule has 0 radical (unpaired) electrons. The van der Waals surface area contributed by atoms with Gasteiger partial charge in [0.1, 0.15) is 0 Å². The average molecular weight is 279 g/mol. The van der Waals surface area contributed by atoms with Crippen LogP contribution in [0.1, 0.15) is 33.6 Å². The first kappa shape index (κ1) is 14.0. The second kappa shape index (κ2) is 5.82. The van der Waals surface area contributed by atoms with Crippen molar-refractivity contribution >= 4 is 18.2 Å². The standard InChI is InChI=1S/C17H18BNO2/c1-12-4-6-15(11-19-12)17(20)10-13-5-7-14-3-2-8-18(21)16(14)9-13/h4-7,9,11,21H,2-3,8,10H2,1H3. The second-order valence-electron chi connectivity index (χ2n) is 5.73. The molecular formula is C17H18BNO2. The zero-order valence-electron chi connectivity index (χ0n) is 12.2. The molecule has 106 valence electrons. The van der Waals surface area contributed by atoms with E-state index in [1.54, 1.807) is 6.20 Å². The quantitative estimate of drug-likeness (QED) is 0.690. The predicted molar refractivity (Wildman–Crippen MR) is 84.2 cm³/mol. The number of carbonyl (C=O) groups is 1. The highest BCUT2D eigenvalue weighted by atomic mass is 16.2. The Labute approximate surface area is 125 Å². The van der Waals surface area contributed by atoms with Gasteiger partial charge in [-0.25, -0.2) is 0 Å². The van der Waals surface area contributed by atoms with Gasteiger partial charge in [-0.2, -0.15) is 0 Å². The summed E-state index contributed by atoms with van der Waals surface area (Å²) >= 11 is 0. The first-order chi connectivity index (χ1) is 10.1. The molecule has 1 N–H and O–H groups in total. The monoisotopic (exact) mass is 279 g/mol. The van der Waals surface area contributed by atoms with Gasteiger partial charge in [0.05, 0.1) is 0 Å². The Hall–Kier alpha value is -1.94. The summed E-state index contributed by atoms with van der Waals surface area (Å²) in [6.45, 7) is 1.52. The maximum atomic E-state index is 12.3. The summed E-state index contributed by atoms with van der Waals surface area (Å²) in [6.07, 6.45) is 4.84. The summed E-state index contributed by atoms with van der Waals surface area (Å²) in [5.41, 5.74) is 4.71. The second-order valence-corrected chi connectivity index (χ2v) is 5.73. The molecule has 2 heterocycles. The van der Waals surface area contributed by atoms with Gasteiger partial charge in [-0.15, -0.1) is 0 Å². The molecule has 0 amide bonds. The summed E-state index contributed by atoms with van der Waals surface area (Å²) in [6, 6.07) is 9.70. The molecule has 1 aromatic carbocycles. The van der Waals surface area contributed by atoms with Crippen LogP contribution in [0.25, 0.3) is 0 Å². The van der Waals surface area contributed by atoms with Crippen molar-refractivity contribution in [1.29, 1.82) is 0 Å². The van der Waals surface area contributed by atoms with E-state index < -0.39 is 0 Å². The molecular weight excluding hydrogens is 261 g/mol. The molecule has 0 bridgehead atoms. The van der Waals surface area contributed by atoms with Gasteiger partial charge in [0, 0.05) is 23.9 Å². The van der Waals surface area contributed by atoms with E-state index in [1.165, 1.54) is 5.56 Å². The highest BCUT2D eigenvalue weighted by molar-refractivity contribution is 6.67. The molecule has 0 saturated heterocycles. The normalized spacial score (nSPS) is 13.9. The first-order valence-corrected chi connectivity index (χ1v) is 7.39. The molecule has 0 fully saturated rings. The van der Waals surface area contributed by atoms with E-state index in [9.17, 15) is 9.82 Å². The van der Waals surface area contributed by atoms with Crippen LogP contribution >= 0.6 is 0 Å². The Morgan fingerprint density at radius 1 is 1.33 bits per heavy atom. The molecule has 0 unspecified atom stereocenters. The van der Waals surface area contributed by atoms with Crippen LogP contribution in [0.5, 0.6) is 0 Å². The predicted octanol–water partition coefficient (Wildman–Crippen LogP) is 1.95. The summed E-state index contributed by atoms with van der Waals surface area (Å²) in [7, 11) is 0. The Kier molecular flexibility index (Phi) is 3.89.